The lowest BCUT2D eigenvalue weighted by atomic mass is 9.91. The summed E-state index contributed by atoms with van der Waals surface area (Å²) < 4.78 is 35.5. The molecule has 0 aliphatic rings. The molecule has 5 heteroatoms. The molecule has 1 rings (SSSR count). The van der Waals surface area contributed by atoms with Crippen LogP contribution in [-0.4, -0.2) is 12.0 Å². The third-order valence-corrected chi connectivity index (χ3v) is 1.53. The molecule has 0 saturated heterocycles. The Hall–Kier alpha value is -1.52. The van der Waals surface area contributed by atoms with E-state index in [4.69, 9.17) is 0 Å². The van der Waals surface area contributed by atoms with Crippen molar-refractivity contribution in [1.29, 1.82) is 0 Å². The summed E-state index contributed by atoms with van der Waals surface area (Å²) >= 11 is 0. The van der Waals surface area contributed by atoms with Crippen molar-refractivity contribution in [3.05, 3.63) is 42.1 Å². The number of halogens is 3. The highest BCUT2D eigenvalue weighted by Gasteiger charge is 2.16. The second-order valence-electron chi connectivity index (χ2n) is 2.71. The summed E-state index contributed by atoms with van der Waals surface area (Å²) in [6, 6.07) is 3.17. The van der Waals surface area contributed by atoms with Crippen molar-refractivity contribution in [1.82, 2.24) is 4.98 Å². The molecule has 0 spiro atoms. The van der Waals surface area contributed by atoms with Gasteiger partial charge in [0, 0.05) is 6.20 Å². The van der Waals surface area contributed by atoms with Crippen LogP contribution in [0.3, 0.4) is 0 Å². The Morgan fingerprint density at radius 2 is 2.00 bits per heavy atom. The number of hydrogen-bond acceptors (Lipinski definition) is 1. The molecular weight excluding hydrogens is 190 g/mol. The predicted molar refractivity (Wildman–Crippen MR) is 52.4 cm³/mol. The van der Waals surface area contributed by atoms with E-state index in [-0.39, 0.29) is 5.98 Å². The Morgan fingerprint density at radius 3 is 2.43 bits per heavy atom. The summed E-state index contributed by atoms with van der Waals surface area (Å²) in [5.41, 5.74) is 1.06. The van der Waals surface area contributed by atoms with Crippen LogP contribution in [0.15, 0.2) is 30.9 Å². The van der Waals surface area contributed by atoms with Gasteiger partial charge in [-0.2, -0.15) is 0 Å². The zero-order chi connectivity index (χ0) is 10.6. The van der Waals surface area contributed by atoms with Crippen LogP contribution in [0, 0.1) is 0 Å². The summed E-state index contributed by atoms with van der Waals surface area (Å²) in [4.78, 5) is 3.87. The van der Waals surface area contributed by atoms with Crippen LogP contribution in [0.2, 0.25) is 0 Å². The molecule has 0 aliphatic carbocycles. The van der Waals surface area contributed by atoms with Crippen molar-refractivity contribution >= 4 is 19.1 Å². The standard InChI is InChI=1S/C9H8BF3N/c1-2-9-4-3-8(7-14-9)5-6-10(11,12)13/h2-7H,1H2/q-1/b6-5+. The van der Waals surface area contributed by atoms with Crippen molar-refractivity contribution in [2.45, 2.75) is 0 Å². The van der Waals surface area contributed by atoms with Gasteiger partial charge in [0.05, 0.1) is 5.69 Å². The van der Waals surface area contributed by atoms with Crippen LogP contribution in [-0.2, 0) is 0 Å². The largest absolute Gasteiger partial charge is 0.502 e. The van der Waals surface area contributed by atoms with E-state index in [1.165, 1.54) is 12.3 Å². The van der Waals surface area contributed by atoms with E-state index < -0.39 is 6.98 Å². The molecule has 0 fully saturated rings. The maximum atomic E-state index is 11.8. The first-order valence-electron chi connectivity index (χ1n) is 3.99. The predicted octanol–water partition coefficient (Wildman–Crippen LogP) is 3.12. The van der Waals surface area contributed by atoms with Crippen molar-refractivity contribution in [2.75, 3.05) is 0 Å². The quantitative estimate of drug-likeness (QED) is 0.679. The highest BCUT2D eigenvalue weighted by molar-refractivity contribution is 6.64. The van der Waals surface area contributed by atoms with E-state index in [1.807, 2.05) is 0 Å². The first-order chi connectivity index (χ1) is 6.51. The van der Waals surface area contributed by atoms with Crippen LogP contribution in [0.4, 0.5) is 12.9 Å². The van der Waals surface area contributed by atoms with E-state index in [1.54, 1.807) is 12.1 Å². The van der Waals surface area contributed by atoms with Crippen molar-refractivity contribution in [3.8, 4) is 0 Å². The van der Waals surface area contributed by atoms with Gasteiger partial charge in [0.2, 0.25) is 0 Å². The fraction of sp³-hybridized carbons (Fsp3) is 0. The molecule has 1 heterocycles. The first kappa shape index (κ1) is 10.6. The van der Waals surface area contributed by atoms with Crippen LogP contribution < -0.4 is 0 Å². The molecule has 0 atom stereocenters. The van der Waals surface area contributed by atoms with Gasteiger partial charge in [0.15, 0.2) is 0 Å². The first-order valence-corrected chi connectivity index (χ1v) is 3.99. The normalized spacial score (nSPS) is 11.9. The number of rotatable bonds is 3. The van der Waals surface area contributed by atoms with E-state index in [0.717, 1.165) is 6.08 Å². The van der Waals surface area contributed by atoms with Crippen LogP contribution >= 0.6 is 0 Å². The van der Waals surface area contributed by atoms with Crippen LogP contribution in [0.5, 0.6) is 0 Å². The van der Waals surface area contributed by atoms with Gasteiger partial charge in [-0.1, -0.05) is 18.7 Å². The molecule has 74 valence electrons. The summed E-state index contributed by atoms with van der Waals surface area (Å²) in [5.74, 6) is 0.241. The maximum absolute atomic E-state index is 11.8. The summed E-state index contributed by atoms with van der Waals surface area (Å²) in [6.45, 7) is -1.38. The fourth-order valence-electron chi connectivity index (χ4n) is 0.856. The monoisotopic (exact) mass is 198 g/mol. The van der Waals surface area contributed by atoms with Gasteiger partial charge < -0.3 is 12.9 Å². The topological polar surface area (TPSA) is 12.9 Å². The molecular formula is C9H8BF3N-. The van der Waals surface area contributed by atoms with Gasteiger partial charge in [-0.05, 0) is 17.7 Å². The second kappa shape index (κ2) is 4.13. The lowest BCUT2D eigenvalue weighted by Gasteiger charge is -2.05. The minimum Gasteiger partial charge on any atom is -0.445 e. The van der Waals surface area contributed by atoms with Crippen molar-refractivity contribution in [2.24, 2.45) is 0 Å². The number of aromatic nitrogens is 1. The zero-order valence-corrected chi connectivity index (χ0v) is 7.33. The molecule has 0 amide bonds. The summed E-state index contributed by atoms with van der Waals surface area (Å²) in [7, 11) is 0. The lowest BCUT2D eigenvalue weighted by molar-refractivity contribution is 0.499. The lowest BCUT2D eigenvalue weighted by Crippen LogP contribution is -2.09. The third kappa shape index (κ3) is 3.47. The smallest absolute Gasteiger partial charge is 0.445 e. The Labute approximate surface area is 80.0 Å². The van der Waals surface area contributed by atoms with Gasteiger partial charge in [-0.25, -0.2) is 0 Å². The molecule has 14 heavy (non-hydrogen) atoms. The molecule has 0 aliphatic heterocycles. The molecule has 0 radical (unpaired) electrons. The maximum Gasteiger partial charge on any atom is 0.502 e. The van der Waals surface area contributed by atoms with Crippen molar-refractivity contribution in [3.63, 3.8) is 0 Å². The SMILES string of the molecule is C=Cc1ccc(/C=C/[B-](F)(F)F)cn1. The zero-order valence-electron chi connectivity index (χ0n) is 7.33. The minimum absolute atomic E-state index is 0.241. The van der Waals surface area contributed by atoms with Gasteiger partial charge in [0.25, 0.3) is 0 Å². The van der Waals surface area contributed by atoms with Crippen LogP contribution in [0.1, 0.15) is 11.3 Å². The van der Waals surface area contributed by atoms with Gasteiger partial charge in [0.1, 0.15) is 0 Å². The molecule has 0 bridgehead atoms. The Kier molecular flexibility index (Phi) is 3.12. The van der Waals surface area contributed by atoms with E-state index >= 15 is 0 Å². The Balaban J connectivity index is 2.78. The van der Waals surface area contributed by atoms with Gasteiger partial charge in [-0.3, -0.25) is 4.98 Å². The van der Waals surface area contributed by atoms with E-state index in [0.29, 0.717) is 11.3 Å². The average Bonchev–Trinajstić information content (AvgIpc) is 2.14. The molecule has 1 aromatic heterocycles. The second-order valence-corrected chi connectivity index (χ2v) is 2.71. The summed E-state index contributed by atoms with van der Waals surface area (Å²) in [6.07, 6.45) is 3.90. The number of nitrogens with zero attached hydrogens (tertiary/aromatic N) is 1. The average molecular weight is 198 g/mol. The number of pyridine rings is 1. The highest BCUT2D eigenvalue weighted by Crippen LogP contribution is 2.12. The molecule has 1 nitrogen and oxygen atoms in total. The van der Waals surface area contributed by atoms with Crippen LogP contribution in [0.25, 0.3) is 12.2 Å². The number of hydrogen-bond donors (Lipinski definition) is 0. The minimum atomic E-state index is -4.87. The van der Waals surface area contributed by atoms with E-state index in [9.17, 15) is 12.9 Å². The molecule has 0 aromatic carbocycles. The summed E-state index contributed by atoms with van der Waals surface area (Å²) in [5, 5.41) is 0. The van der Waals surface area contributed by atoms with Gasteiger partial charge in [-0.15, -0.1) is 5.98 Å². The van der Waals surface area contributed by atoms with Gasteiger partial charge >= 0.3 is 6.98 Å². The van der Waals surface area contributed by atoms with E-state index in [2.05, 4.69) is 11.6 Å². The fourth-order valence-corrected chi connectivity index (χ4v) is 0.856. The third-order valence-electron chi connectivity index (χ3n) is 1.53. The molecule has 0 unspecified atom stereocenters. The molecule has 0 saturated carbocycles. The van der Waals surface area contributed by atoms with Crippen molar-refractivity contribution < 1.29 is 12.9 Å². The molecule has 1 aromatic rings. The Morgan fingerprint density at radius 1 is 1.29 bits per heavy atom. The molecule has 0 N–H and O–H groups in total. The highest BCUT2D eigenvalue weighted by atomic mass is 19.4. The Bertz CT molecular complexity index is 340.